The fourth-order valence-corrected chi connectivity index (χ4v) is 6.52. The maximum atomic E-state index is 11.9. The number of hydrogen-bond donors (Lipinski definition) is 1. The van der Waals surface area contributed by atoms with Gasteiger partial charge in [0.2, 0.25) is 0 Å². The fourth-order valence-electron chi connectivity index (χ4n) is 6.52. The number of aliphatic hydroxyl groups excluding tert-OH is 1. The molecule has 23 heavy (non-hydrogen) atoms. The molecule has 4 rings (SSSR count). The summed E-state index contributed by atoms with van der Waals surface area (Å²) in [7, 11) is 1.73. The predicted molar refractivity (Wildman–Crippen MR) is 85.7 cm³/mol. The highest BCUT2D eigenvalue weighted by molar-refractivity contribution is 5.80. The van der Waals surface area contributed by atoms with Crippen LogP contribution in [-0.2, 0) is 14.3 Å². The molecule has 0 unspecified atom stereocenters. The van der Waals surface area contributed by atoms with Crippen LogP contribution in [0.2, 0.25) is 0 Å². The maximum absolute atomic E-state index is 11.9. The zero-order valence-corrected chi connectivity index (χ0v) is 14.6. The molecule has 0 aromatic heterocycles. The molecule has 1 heterocycles. The van der Waals surface area contributed by atoms with Crippen molar-refractivity contribution in [2.75, 3.05) is 7.11 Å². The third kappa shape index (κ3) is 2.11. The van der Waals surface area contributed by atoms with Crippen molar-refractivity contribution in [2.45, 2.75) is 77.3 Å². The highest BCUT2D eigenvalue weighted by Crippen LogP contribution is 2.64. The summed E-state index contributed by atoms with van der Waals surface area (Å²) in [5, 5.41) is 10.5. The van der Waals surface area contributed by atoms with Gasteiger partial charge in [-0.25, -0.2) is 0 Å². The van der Waals surface area contributed by atoms with E-state index in [1.807, 2.05) is 0 Å². The average molecular weight is 322 g/mol. The van der Waals surface area contributed by atoms with Crippen LogP contribution in [-0.4, -0.2) is 36.5 Å². The number of rotatable bonds is 1. The lowest BCUT2D eigenvalue weighted by molar-refractivity contribution is -0.301. The third-order valence-corrected chi connectivity index (χ3v) is 8.07. The second kappa shape index (κ2) is 5.27. The van der Waals surface area contributed by atoms with Gasteiger partial charge in [0.1, 0.15) is 5.78 Å². The van der Waals surface area contributed by atoms with Crippen LogP contribution in [0.1, 0.15) is 58.8 Å². The van der Waals surface area contributed by atoms with Gasteiger partial charge in [0.25, 0.3) is 0 Å². The topological polar surface area (TPSA) is 55.8 Å². The summed E-state index contributed by atoms with van der Waals surface area (Å²) in [6.45, 7) is 4.60. The van der Waals surface area contributed by atoms with E-state index in [-0.39, 0.29) is 29.3 Å². The molecule has 0 amide bonds. The van der Waals surface area contributed by atoms with Gasteiger partial charge in [0, 0.05) is 25.9 Å². The molecular weight excluding hydrogens is 292 g/mol. The fraction of sp³-hybridized carbons (Fsp3) is 0.947. The summed E-state index contributed by atoms with van der Waals surface area (Å²) in [4.78, 5) is 11.9. The Hall–Kier alpha value is -0.450. The van der Waals surface area contributed by atoms with Gasteiger partial charge in [-0.3, -0.25) is 4.79 Å². The van der Waals surface area contributed by atoms with Crippen molar-refractivity contribution in [3.63, 3.8) is 0 Å². The number of methoxy groups -OCH3 is 1. The summed E-state index contributed by atoms with van der Waals surface area (Å²) in [6, 6.07) is 0. The molecule has 130 valence electrons. The Balaban J connectivity index is 1.70. The van der Waals surface area contributed by atoms with Gasteiger partial charge in [0.05, 0.1) is 12.2 Å². The van der Waals surface area contributed by atoms with E-state index in [1.54, 1.807) is 7.11 Å². The Kier molecular flexibility index (Phi) is 3.68. The van der Waals surface area contributed by atoms with Crippen molar-refractivity contribution >= 4 is 5.78 Å². The summed E-state index contributed by atoms with van der Waals surface area (Å²) in [6.07, 6.45) is 5.97. The van der Waals surface area contributed by atoms with Gasteiger partial charge in [-0.2, -0.15) is 0 Å². The van der Waals surface area contributed by atoms with Crippen LogP contribution in [0.3, 0.4) is 0 Å². The molecule has 4 fully saturated rings. The molecule has 0 spiro atoms. The first kappa shape index (κ1) is 16.0. The Morgan fingerprint density at radius 3 is 2.61 bits per heavy atom. The molecule has 0 aromatic rings. The molecule has 4 heteroatoms. The quantitative estimate of drug-likeness (QED) is 0.806. The van der Waals surface area contributed by atoms with E-state index in [9.17, 15) is 9.90 Å². The van der Waals surface area contributed by atoms with Crippen LogP contribution >= 0.6 is 0 Å². The average Bonchev–Trinajstić information content (AvgIpc) is 2.83. The SMILES string of the molecule is CO[C@H]1O[C@H]2CC(=O)CC[C@]2(C)[C@H]2CC[C@]3(C)[C@@H](O)CC[C@H]3[C@H]12. The largest absolute Gasteiger partial charge is 0.393 e. The molecule has 4 aliphatic rings. The summed E-state index contributed by atoms with van der Waals surface area (Å²) in [5.74, 6) is 1.70. The number of aliphatic hydroxyl groups is 1. The van der Waals surface area contributed by atoms with Gasteiger partial charge < -0.3 is 14.6 Å². The predicted octanol–water partition coefficient (Wildman–Crippen LogP) is 2.92. The van der Waals surface area contributed by atoms with E-state index < -0.39 is 0 Å². The molecule has 0 aromatic carbocycles. The highest BCUT2D eigenvalue weighted by Gasteiger charge is 2.63. The molecule has 1 N–H and O–H groups in total. The molecule has 4 nitrogen and oxygen atoms in total. The molecule has 0 radical (unpaired) electrons. The van der Waals surface area contributed by atoms with Crippen molar-refractivity contribution in [3.05, 3.63) is 0 Å². The first-order valence-electron chi connectivity index (χ1n) is 9.28. The molecule has 3 saturated carbocycles. The van der Waals surface area contributed by atoms with E-state index in [2.05, 4.69) is 13.8 Å². The van der Waals surface area contributed by atoms with E-state index in [1.165, 1.54) is 0 Å². The number of carbonyl (C=O) groups excluding carboxylic acids is 1. The lowest BCUT2D eigenvalue weighted by atomic mass is 9.50. The van der Waals surface area contributed by atoms with Gasteiger partial charge >= 0.3 is 0 Å². The Morgan fingerprint density at radius 2 is 1.87 bits per heavy atom. The number of fused-ring (bicyclic) bond motifs is 5. The normalized spacial score (nSPS) is 55.9. The van der Waals surface area contributed by atoms with Gasteiger partial charge in [0.15, 0.2) is 6.29 Å². The minimum absolute atomic E-state index is 0.00522. The number of Topliss-reactive ketones (excluding diaryl/α,β-unsaturated/α-hetero) is 1. The molecule has 1 aliphatic heterocycles. The van der Waals surface area contributed by atoms with Crippen LogP contribution in [0.25, 0.3) is 0 Å². The molecule has 1 saturated heterocycles. The van der Waals surface area contributed by atoms with Crippen LogP contribution in [0.4, 0.5) is 0 Å². The first-order chi connectivity index (χ1) is 10.9. The summed E-state index contributed by atoms with van der Waals surface area (Å²) in [5.41, 5.74) is 0.0947. The zero-order valence-electron chi connectivity index (χ0n) is 14.6. The monoisotopic (exact) mass is 322 g/mol. The molecular formula is C19H30O4. The summed E-state index contributed by atoms with van der Waals surface area (Å²) >= 11 is 0. The van der Waals surface area contributed by atoms with Crippen LogP contribution in [0, 0.1) is 28.6 Å². The van der Waals surface area contributed by atoms with Crippen LogP contribution in [0.5, 0.6) is 0 Å². The molecule has 3 aliphatic carbocycles. The van der Waals surface area contributed by atoms with Crippen molar-refractivity contribution in [1.82, 2.24) is 0 Å². The smallest absolute Gasteiger partial charge is 0.160 e. The second-order valence-electron chi connectivity index (χ2n) is 8.91. The van der Waals surface area contributed by atoms with Gasteiger partial charge in [-0.05, 0) is 54.8 Å². The van der Waals surface area contributed by atoms with E-state index >= 15 is 0 Å². The van der Waals surface area contributed by atoms with Crippen molar-refractivity contribution in [1.29, 1.82) is 0 Å². The number of ether oxygens (including phenoxy) is 2. The summed E-state index contributed by atoms with van der Waals surface area (Å²) < 4.78 is 12.1. The molecule has 0 bridgehead atoms. The highest BCUT2D eigenvalue weighted by atomic mass is 16.7. The maximum Gasteiger partial charge on any atom is 0.160 e. The molecule has 8 atom stereocenters. The zero-order chi connectivity index (χ0) is 16.4. The van der Waals surface area contributed by atoms with Crippen molar-refractivity contribution in [3.8, 4) is 0 Å². The Labute approximate surface area is 138 Å². The minimum atomic E-state index is -0.223. The number of ketones is 1. The number of hydrogen-bond acceptors (Lipinski definition) is 4. The van der Waals surface area contributed by atoms with E-state index in [4.69, 9.17) is 9.47 Å². The first-order valence-corrected chi connectivity index (χ1v) is 9.28. The van der Waals surface area contributed by atoms with Crippen molar-refractivity contribution in [2.24, 2.45) is 28.6 Å². The standard InChI is InChI=1S/C19H30O4/c1-18-9-7-13-16(12(18)4-5-14(18)21)17(22-3)23-15-10-11(20)6-8-19(13,15)2/h12-17,21H,4-10H2,1-3H3/t12-,13-,14-,15-,16-,17-,18-,19+/m0/s1. The van der Waals surface area contributed by atoms with E-state index in [0.717, 1.165) is 32.1 Å². The second-order valence-corrected chi connectivity index (χ2v) is 8.91. The Bertz CT molecular complexity index is 506. The van der Waals surface area contributed by atoms with Crippen LogP contribution in [0.15, 0.2) is 0 Å². The van der Waals surface area contributed by atoms with Gasteiger partial charge in [-0.15, -0.1) is 0 Å². The lowest BCUT2D eigenvalue weighted by Gasteiger charge is -2.61. The lowest BCUT2D eigenvalue weighted by Crippen LogP contribution is -2.62. The van der Waals surface area contributed by atoms with Gasteiger partial charge in [-0.1, -0.05) is 13.8 Å². The van der Waals surface area contributed by atoms with Crippen molar-refractivity contribution < 1.29 is 19.4 Å². The Morgan fingerprint density at radius 1 is 1.13 bits per heavy atom. The third-order valence-electron chi connectivity index (χ3n) is 8.07. The van der Waals surface area contributed by atoms with Crippen LogP contribution < -0.4 is 0 Å². The minimum Gasteiger partial charge on any atom is -0.393 e. The number of carbonyl (C=O) groups is 1. The van der Waals surface area contributed by atoms with E-state index in [0.29, 0.717) is 36.4 Å².